The summed E-state index contributed by atoms with van der Waals surface area (Å²) in [6.07, 6.45) is -3.56. The molecule has 0 radical (unpaired) electrons. The number of nitrogens with zero attached hydrogens (tertiary/aromatic N) is 2. The number of carbonyl (C=O) groups is 1. The maximum Gasteiger partial charge on any atom is 0.416 e. The molecule has 0 bridgehead atoms. The van der Waals surface area contributed by atoms with Gasteiger partial charge in [0.05, 0.1) is 17.8 Å². The summed E-state index contributed by atoms with van der Waals surface area (Å²) >= 11 is 0. The van der Waals surface area contributed by atoms with Crippen LogP contribution in [0.2, 0.25) is 0 Å². The van der Waals surface area contributed by atoms with Crippen molar-refractivity contribution in [3.8, 4) is 0 Å². The predicted octanol–water partition coefficient (Wildman–Crippen LogP) is 4.31. The average Bonchev–Trinajstić information content (AvgIpc) is 2.79. The minimum Gasteiger partial charge on any atom is -0.374 e. The van der Waals surface area contributed by atoms with Crippen molar-refractivity contribution in [2.24, 2.45) is 0 Å². The van der Waals surface area contributed by atoms with Crippen LogP contribution in [-0.4, -0.2) is 61.7 Å². The molecule has 0 aromatic heterocycles. The number of likely N-dealkylation sites (N-methyl/N-ethyl adjacent to an activating group) is 1. The molecule has 1 heterocycles. The zero-order valence-corrected chi connectivity index (χ0v) is 18.8. The van der Waals surface area contributed by atoms with Crippen molar-refractivity contribution in [2.75, 3.05) is 50.4 Å². The third kappa shape index (κ3) is 6.64. The fourth-order valence-electron chi connectivity index (χ4n) is 3.63. The first-order valence-electron chi connectivity index (χ1n) is 10.7. The fourth-order valence-corrected chi connectivity index (χ4v) is 3.63. The molecule has 2 aromatic carbocycles. The third-order valence-electron chi connectivity index (χ3n) is 5.64. The zero-order chi connectivity index (χ0) is 24.9. The molecule has 1 saturated heterocycles. The van der Waals surface area contributed by atoms with Crippen LogP contribution in [0.15, 0.2) is 43.0 Å². The molecule has 1 amide bonds. The zero-order valence-electron chi connectivity index (χ0n) is 18.8. The molecule has 3 rings (SSSR count). The summed E-state index contributed by atoms with van der Waals surface area (Å²) < 4.78 is 55.3. The van der Waals surface area contributed by atoms with Crippen molar-refractivity contribution >= 4 is 29.1 Å². The highest BCUT2D eigenvalue weighted by atomic mass is 19.4. The fraction of sp³-hybridized carbons (Fsp3) is 0.333. The molecular formula is C24H27F4N5O. The maximum atomic E-state index is 14.2. The van der Waals surface area contributed by atoms with Crippen LogP contribution >= 0.6 is 0 Å². The van der Waals surface area contributed by atoms with Crippen molar-refractivity contribution in [3.63, 3.8) is 0 Å². The van der Waals surface area contributed by atoms with E-state index in [1.54, 1.807) is 6.07 Å². The highest BCUT2D eigenvalue weighted by Gasteiger charge is 2.34. The molecule has 1 fully saturated rings. The first-order valence-corrected chi connectivity index (χ1v) is 10.7. The monoisotopic (exact) mass is 477 g/mol. The molecule has 10 heteroatoms. The number of amides is 1. The van der Waals surface area contributed by atoms with E-state index in [1.807, 2.05) is 11.9 Å². The van der Waals surface area contributed by atoms with Gasteiger partial charge < -0.3 is 20.9 Å². The Morgan fingerprint density at radius 3 is 2.47 bits per heavy atom. The quantitative estimate of drug-likeness (QED) is 0.392. The molecule has 1 aliphatic heterocycles. The molecule has 34 heavy (non-hydrogen) atoms. The van der Waals surface area contributed by atoms with Gasteiger partial charge in [0.1, 0.15) is 5.82 Å². The van der Waals surface area contributed by atoms with Crippen molar-refractivity contribution in [1.29, 1.82) is 5.41 Å². The highest BCUT2D eigenvalue weighted by molar-refractivity contribution is 6.07. The van der Waals surface area contributed by atoms with E-state index in [2.05, 4.69) is 22.1 Å². The molecule has 0 unspecified atom stereocenters. The van der Waals surface area contributed by atoms with E-state index in [0.717, 1.165) is 25.4 Å². The van der Waals surface area contributed by atoms with Crippen LogP contribution in [0.1, 0.15) is 16.7 Å². The second-order valence-corrected chi connectivity index (χ2v) is 8.22. The predicted molar refractivity (Wildman–Crippen MR) is 126 cm³/mol. The molecule has 0 atom stereocenters. The summed E-state index contributed by atoms with van der Waals surface area (Å²) in [4.78, 5) is 16.4. The lowest BCUT2D eigenvalue weighted by Gasteiger charge is -2.33. The Kier molecular flexibility index (Phi) is 8.06. The average molecular weight is 478 g/mol. The lowest BCUT2D eigenvalue weighted by molar-refractivity contribution is -0.138. The van der Waals surface area contributed by atoms with Gasteiger partial charge in [-0.05, 0) is 48.0 Å². The largest absolute Gasteiger partial charge is 0.416 e. The van der Waals surface area contributed by atoms with Gasteiger partial charge in [-0.3, -0.25) is 9.69 Å². The van der Waals surface area contributed by atoms with Crippen LogP contribution in [0, 0.1) is 11.2 Å². The van der Waals surface area contributed by atoms with E-state index < -0.39 is 23.5 Å². The minimum absolute atomic E-state index is 0.0133. The molecule has 182 valence electrons. The number of benzene rings is 2. The van der Waals surface area contributed by atoms with Crippen molar-refractivity contribution in [2.45, 2.75) is 12.7 Å². The van der Waals surface area contributed by atoms with Gasteiger partial charge in [0.15, 0.2) is 0 Å². The van der Waals surface area contributed by atoms with Gasteiger partial charge >= 0.3 is 6.18 Å². The normalized spacial score (nSPS) is 15.1. The van der Waals surface area contributed by atoms with E-state index >= 15 is 0 Å². The summed E-state index contributed by atoms with van der Waals surface area (Å²) in [6.45, 7) is 6.42. The van der Waals surface area contributed by atoms with E-state index in [1.165, 1.54) is 24.3 Å². The number of carbonyl (C=O) groups excluding carboxylic acids is 1. The lowest BCUT2D eigenvalue weighted by atomic mass is 10.0. The SMILES string of the molecule is C=C(C=N)c1ccc(NCC(=O)Nc2ccc(CN3CCN(C)CC3)c(C(F)(F)F)c2)c(F)c1. The number of rotatable bonds is 8. The number of hydrogen-bond acceptors (Lipinski definition) is 5. The standard InChI is InChI=1S/C24H27F4N5O/c1-16(13-29)17-4-6-22(21(25)11-17)30-14-23(34)31-19-5-3-18(20(12-19)24(26,27)28)15-33-9-7-32(2)8-10-33/h3-6,11-13,29-30H,1,7-10,14-15H2,2H3,(H,31,34). The molecule has 2 aromatic rings. The van der Waals surface area contributed by atoms with Gasteiger partial charge in [0.2, 0.25) is 5.91 Å². The second kappa shape index (κ2) is 10.8. The number of hydrogen-bond donors (Lipinski definition) is 3. The van der Waals surface area contributed by atoms with Crippen LogP contribution in [0.25, 0.3) is 5.57 Å². The van der Waals surface area contributed by atoms with Gasteiger partial charge in [-0.1, -0.05) is 18.7 Å². The van der Waals surface area contributed by atoms with Gasteiger partial charge in [0, 0.05) is 44.6 Å². The smallest absolute Gasteiger partial charge is 0.374 e. The molecule has 1 aliphatic rings. The Morgan fingerprint density at radius 1 is 1.15 bits per heavy atom. The number of piperazine rings is 1. The van der Waals surface area contributed by atoms with Crippen LogP contribution in [0.5, 0.6) is 0 Å². The molecule has 0 aliphatic carbocycles. The summed E-state index contributed by atoms with van der Waals surface area (Å²) in [5.74, 6) is -1.26. The number of halogens is 4. The first-order chi connectivity index (χ1) is 16.1. The Labute approximate surface area is 195 Å². The molecule has 6 nitrogen and oxygen atoms in total. The Balaban J connectivity index is 1.65. The topological polar surface area (TPSA) is 71.5 Å². The van der Waals surface area contributed by atoms with Crippen LogP contribution in [0.3, 0.4) is 0 Å². The van der Waals surface area contributed by atoms with Crippen LogP contribution in [-0.2, 0) is 17.5 Å². The Morgan fingerprint density at radius 2 is 1.85 bits per heavy atom. The Hall–Kier alpha value is -3.24. The Bertz CT molecular complexity index is 1060. The van der Waals surface area contributed by atoms with Crippen LogP contribution < -0.4 is 10.6 Å². The maximum absolute atomic E-state index is 14.2. The third-order valence-corrected chi connectivity index (χ3v) is 5.64. The van der Waals surface area contributed by atoms with Crippen molar-refractivity contribution in [3.05, 3.63) is 65.5 Å². The lowest BCUT2D eigenvalue weighted by Crippen LogP contribution is -2.44. The van der Waals surface area contributed by atoms with Crippen molar-refractivity contribution in [1.82, 2.24) is 9.80 Å². The summed E-state index contributed by atoms with van der Waals surface area (Å²) in [5.41, 5.74) is 0.195. The van der Waals surface area contributed by atoms with Gasteiger partial charge in [-0.25, -0.2) is 4.39 Å². The van der Waals surface area contributed by atoms with Gasteiger partial charge in [-0.15, -0.1) is 0 Å². The minimum atomic E-state index is -4.56. The van der Waals surface area contributed by atoms with E-state index in [9.17, 15) is 22.4 Å². The van der Waals surface area contributed by atoms with Gasteiger partial charge in [0.25, 0.3) is 0 Å². The summed E-state index contributed by atoms with van der Waals surface area (Å²) in [5, 5.41) is 12.2. The molecule has 0 saturated carbocycles. The van der Waals surface area contributed by atoms with Crippen LogP contribution in [0.4, 0.5) is 28.9 Å². The second-order valence-electron chi connectivity index (χ2n) is 8.22. The first kappa shape index (κ1) is 25.4. The van der Waals surface area contributed by atoms with E-state index in [4.69, 9.17) is 5.41 Å². The van der Waals surface area contributed by atoms with Crippen molar-refractivity contribution < 1.29 is 22.4 Å². The van der Waals surface area contributed by atoms with E-state index in [0.29, 0.717) is 24.2 Å². The molecule has 3 N–H and O–H groups in total. The number of nitrogens with one attached hydrogen (secondary N) is 3. The highest BCUT2D eigenvalue weighted by Crippen LogP contribution is 2.34. The van der Waals surface area contributed by atoms with E-state index in [-0.39, 0.29) is 30.0 Å². The molecular weight excluding hydrogens is 450 g/mol. The number of alkyl halides is 3. The number of allylic oxidation sites excluding steroid dienone is 1. The number of anilines is 2. The molecule has 0 spiro atoms. The summed E-state index contributed by atoms with van der Waals surface area (Å²) in [6, 6.07) is 7.90. The van der Waals surface area contributed by atoms with Gasteiger partial charge in [-0.2, -0.15) is 13.2 Å². The summed E-state index contributed by atoms with van der Waals surface area (Å²) in [7, 11) is 1.98.